The molecule has 1 aromatic carbocycles. The highest BCUT2D eigenvalue weighted by Gasteiger charge is 2.14. The zero-order valence-electron chi connectivity index (χ0n) is 11.0. The molecule has 0 spiro atoms. The van der Waals surface area contributed by atoms with E-state index in [4.69, 9.17) is 0 Å². The molecular formula is C14H23NO. The van der Waals surface area contributed by atoms with Crippen molar-refractivity contribution in [3.05, 3.63) is 28.8 Å². The van der Waals surface area contributed by atoms with E-state index < -0.39 is 0 Å². The lowest BCUT2D eigenvalue weighted by Crippen LogP contribution is -2.07. The minimum absolute atomic E-state index is 0.356. The van der Waals surface area contributed by atoms with Crippen molar-refractivity contribution in [2.24, 2.45) is 0 Å². The smallest absolute Gasteiger partial charge is 0.122 e. The molecule has 0 atom stereocenters. The molecule has 2 nitrogen and oxygen atoms in total. The zero-order valence-corrected chi connectivity index (χ0v) is 11.0. The summed E-state index contributed by atoms with van der Waals surface area (Å²) < 4.78 is 0. The Hall–Kier alpha value is -1.02. The van der Waals surface area contributed by atoms with Gasteiger partial charge >= 0.3 is 0 Å². The van der Waals surface area contributed by atoms with Crippen LogP contribution in [0.5, 0.6) is 5.75 Å². The van der Waals surface area contributed by atoms with Crippen LogP contribution in [0.25, 0.3) is 0 Å². The van der Waals surface area contributed by atoms with Gasteiger partial charge in [0.25, 0.3) is 0 Å². The fourth-order valence-electron chi connectivity index (χ4n) is 1.93. The van der Waals surface area contributed by atoms with Crippen LogP contribution in [0.1, 0.15) is 56.2 Å². The topological polar surface area (TPSA) is 32.3 Å². The SMILES string of the molecule is CNCc1cc(C(C)C)c(O)c(C(C)C)c1. The van der Waals surface area contributed by atoms with Crippen molar-refractivity contribution in [3.8, 4) is 5.75 Å². The molecule has 0 amide bonds. The summed E-state index contributed by atoms with van der Waals surface area (Å²) >= 11 is 0. The Morgan fingerprint density at radius 1 is 1.06 bits per heavy atom. The van der Waals surface area contributed by atoms with Crippen LogP contribution < -0.4 is 5.32 Å². The molecule has 1 rings (SSSR count). The van der Waals surface area contributed by atoms with Crippen LogP contribution in [0.15, 0.2) is 12.1 Å². The average Bonchev–Trinajstić information content (AvgIpc) is 2.19. The number of aromatic hydroxyl groups is 1. The normalized spacial score (nSPS) is 11.4. The van der Waals surface area contributed by atoms with Gasteiger partial charge in [-0.1, -0.05) is 39.8 Å². The highest BCUT2D eigenvalue weighted by molar-refractivity contribution is 5.46. The van der Waals surface area contributed by atoms with E-state index in [1.165, 1.54) is 5.56 Å². The minimum Gasteiger partial charge on any atom is -0.507 e. The number of hydrogen-bond donors (Lipinski definition) is 2. The molecule has 0 bridgehead atoms. The predicted octanol–water partition coefficient (Wildman–Crippen LogP) is 3.36. The van der Waals surface area contributed by atoms with Crippen LogP contribution in [0.2, 0.25) is 0 Å². The number of rotatable bonds is 4. The van der Waals surface area contributed by atoms with Crippen LogP contribution in [-0.4, -0.2) is 12.2 Å². The largest absolute Gasteiger partial charge is 0.507 e. The molecule has 0 aliphatic rings. The highest BCUT2D eigenvalue weighted by atomic mass is 16.3. The van der Waals surface area contributed by atoms with Gasteiger partial charge in [0.1, 0.15) is 5.75 Å². The van der Waals surface area contributed by atoms with Gasteiger partial charge < -0.3 is 10.4 Å². The van der Waals surface area contributed by atoms with Gasteiger partial charge in [0.2, 0.25) is 0 Å². The molecule has 0 aliphatic heterocycles. The van der Waals surface area contributed by atoms with E-state index in [9.17, 15) is 5.11 Å². The molecule has 0 fully saturated rings. The average molecular weight is 221 g/mol. The molecule has 0 unspecified atom stereocenters. The van der Waals surface area contributed by atoms with Crippen LogP contribution in [0.4, 0.5) is 0 Å². The van der Waals surface area contributed by atoms with Gasteiger partial charge in [-0.25, -0.2) is 0 Å². The van der Waals surface area contributed by atoms with E-state index >= 15 is 0 Å². The molecule has 1 aromatic rings. The first-order valence-electron chi connectivity index (χ1n) is 5.97. The quantitative estimate of drug-likeness (QED) is 0.817. The van der Waals surface area contributed by atoms with Crippen molar-refractivity contribution < 1.29 is 5.11 Å². The van der Waals surface area contributed by atoms with Crippen molar-refractivity contribution in [2.75, 3.05) is 7.05 Å². The van der Waals surface area contributed by atoms with Gasteiger partial charge in [0, 0.05) is 6.54 Å². The molecule has 0 aliphatic carbocycles. The Balaban J connectivity index is 3.27. The molecule has 90 valence electrons. The Labute approximate surface area is 98.7 Å². The van der Waals surface area contributed by atoms with E-state index in [1.807, 2.05) is 7.05 Å². The summed E-state index contributed by atoms with van der Waals surface area (Å²) in [6.45, 7) is 9.30. The Bertz CT molecular complexity index is 327. The maximum absolute atomic E-state index is 10.2. The Morgan fingerprint density at radius 3 is 1.81 bits per heavy atom. The van der Waals surface area contributed by atoms with Crippen molar-refractivity contribution in [3.63, 3.8) is 0 Å². The molecule has 0 saturated heterocycles. The number of phenolic OH excluding ortho intramolecular Hbond substituents is 1. The van der Waals surface area contributed by atoms with E-state index in [2.05, 4.69) is 45.1 Å². The van der Waals surface area contributed by atoms with Crippen LogP contribution >= 0.6 is 0 Å². The maximum Gasteiger partial charge on any atom is 0.122 e. The summed E-state index contributed by atoms with van der Waals surface area (Å²) in [7, 11) is 1.94. The monoisotopic (exact) mass is 221 g/mol. The highest BCUT2D eigenvalue weighted by Crippen LogP contribution is 2.34. The van der Waals surface area contributed by atoms with Crippen molar-refractivity contribution in [2.45, 2.75) is 46.1 Å². The molecular weight excluding hydrogens is 198 g/mol. The number of phenols is 1. The van der Waals surface area contributed by atoms with Gasteiger partial charge in [-0.2, -0.15) is 0 Å². The Kier molecular flexibility index (Phi) is 4.36. The van der Waals surface area contributed by atoms with E-state index in [1.54, 1.807) is 0 Å². The number of benzene rings is 1. The summed E-state index contributed by atoms with van der Waals surface area (Å²) in [5.41, 5.74) is 3.35. The number of hydrogen-bond acceptors (Lipinski definition) is 2. The van der Waals surface area contributed by atoms with Crippen molar-refractivity contribution >= 4 is 0 Å². The lowest BCUT2D eigenvalue weighted by atomic mass is 9.91. The van der Waals surface area contributed by atoms with Crippen LogP contribution in [0.3, 0.4) is 0 Å². The fourth-order valence-corrected chi connectivity index (χ4v) is 1.93. The first-order valence-corrected chi connectivity index (χ1v) is 5.97. The summed E-state index contributed by atoms with van der Waals surface area (Å²) in [6.07, 6.45) is 0. The minimum atomic E-state index is 0.356. The van der Waals surface area contributed by atoms with Gasteiger partial charge in [-0.05, 0) is 35.6 Å². The zero-order chi connectivity index (χ0) is 12.3. The molecule has 0 saturated carbocycles. The molecule has 0 aromatic heterocycles. The van der Waals surface area contributed by atoms with Crippen LogP contribution in [0, 0.1) is 0 Å². The summed E-state index contributed by atoms with van der Waals surface area (Å²) in [5, 5.41) is 13.4. The Morgan fingerprint density at radius 2 is 1.50 bits per heavy atom. The number of nitrogens with one attached hydrogen (secondary N) is 1. The van der Waals surface area contributed by atoms with Gasteiger partial charge in [-0.3, -0.25) is 0 Å². The van der Waals surface area contributed by atoms with E-state index in [0.717, 1.165) is 17.7 Å². The third-order valence-electron chi connectivity index (χ3n) is 2.85. The van der Waals surface area contributed by atoms with Crippen LogP contribution in [-0.2, 0) is 6.54 Å². The second kappa shape index (κ2) is 5.35. The van der Waals surface area contributed by atoms with Gasteiger partial charge in [0.15, 0.2) is 0 Å². The molecule has 2 heteroatoms. The molecule has 0 heterocycles. The lowest BCUT2D eigenvalue weighted by molar-refractivity contribution is 0.454. The second-order valence-corrected chi connectivity index (χ2v) is 4.96. The first kappa shape index (κ1) is 13.0. The predicted molar refractivity (Wildman–Crippen MR) is 69.0 cm³/mol. The second-order valence-electron chi connectivity index (χ2n) is 4.96. The first-order chi connectivity index (χ1) is 7.47. The van der Waals surface area contributed by atoms with E-state index in [0.29, 0.717) is 17.6 Å². The fraction of sp³-hybridized carbons (Fsp3) is 0.571. The third kappa shape index (κ3) is 2.76. The summed E-state index contributed by atoms with van der Waals surface area (Å²) in [5.74, 6) is 1.19. The molecule has 16 heavy (non-hydrogen) atoms. The maximum atomic E-state index is 10.2. The van der Waals surface area contributed by atoms with Crippen molar-refractivity contribution in [1.82, 2.24) is 5.32 Å². The van der Waals surface area contributed by atoms with Crippen molar-refractivity contribution in [1.29, 1.82) is 0 Å². The molecule has 2 N–H and O–H groups in total. The summed E-state index contributed by atoms with van der Waals surface area (Å²) in [6, 6.07) is 4.20. The third-order valence-corrected chi connectivity index (χ3v) is 2.85. The standard InChI is InChI=1S/C14H23NO/c1-9(2)12-6-11(8-15-5)7-13(10(3)4)14(12)16/h6-7,9-10,15-16H,8H2,1-5H3. The molecule has 0 radical (unpaired) electrons. The van der Waals surface area contributed by atoms with Gasteiger partial charge in [0.05, 0.1) is 0 Å². The van der Waals surface area contributed by atoms with Gasteiger partial charge in [-0.15, -0.1) is 0 Å². The summed E-state index contributed by atoms with van der Waals surface area (Å²) in [4.78, 5) is 0. The van der Waals surface area contributed by atoms with E-state index in [-0.39, 0.29) is 0 Å². The lowest BCUT2D eigenvalue weighted by Gasteiger charge is -2.17.